The Bertz CT molecular complexity index is 1140. The van der Waals surface area contributed by atoms with E-state index in [2.05, 4.69) is 36.0 Å². The van der Waals surface area contributed by atoms with Gasteiger partial charge < -0.3 is 10.1 Å². The molecule has 3 heterocycles. The van der Waals surface area contributed by atoms with E-state index in [0.717, 1.165) is 41.7 Å². The monoisotopic (exact) mass is 485 g/mol. The topological polar surface area (TPSA) is 134 Å². The standard InChI is InChI=1S/C21H23N7O3S2/c1-2-31-19(30)17-14-5-3-4-6-15(14)33-18(17)24-16(29)12-32-21-25-20(27-28-21)26-23-11-13-7-9-22-10-8-13/h7-11H,2-6,12H2,1H3,(H,24,29)(H2,25,26,27,28)/b23-11+. The Morgan fingerprint density at radius 3 is 2.94 bits per heavy atom. The Morgan fingerprint density at radius 1 is 1.30 bits per heavy atom. The number of thioether (sulfide) groups is 1. The van der Waals surface area contributed by atoms with Crippen molar-refractivity contribution in [3.63, 3.8) is 0 Å². The molecule has 0 atom stereocenters. The minimum Gasteiger partial charge on any atom is -0.462 e. The zero-order valence-corrected chi connectivity index (χ0v) is 19.6. The lowest BCUT2D eigenvalue weighted by atomic mass is 9.95. The highest BCUT2D eigenvalue weighted by Crippen LogP contribution is 2.38. The first-order chi connectivity index (χ1) is 16.1. The number of rotatable bonds is 9. The first kappa shape index (κ1) is 22.9. The third kappa shape index (κ3) is 5.96. The van der Waals surface area contributed by atoms with Crippen molar-refractivity contribution in [1.82, 2.24) is 20.2 Å². The van der Waals surface area contributed by atoms with Gasteiger partial charge in [-0.3, -0.25) is 9.78 Å². The number of ether oxygens (including phenoxy) is 1. The number of hydrogen-bond acceptors (Lipinski definition) is 10. The van der Waals surface area contributed by atoms with E-state index in [0.29, 0.717) is 28.3 Å². The SMILES string of the molecule is CCOC(=O)c1c(NC(=O)CSc2n[nH]c(N/N=C/c3ccncc3)n2)sc2c1CCCC2. The van der Waals surface area contributed by atoms with Crippen LogP contribution in [0.2, 0.25) is 0 Å². The Balaban J connectivity index is 1.33. The summed E-state index contributed by atoms with van der Waals surface area (Å²) in [6.45, 7) is 2.07. The van der Waals surface area contributed by atoms with E-state index in [-0.39, 0.29) is 17.6 Å². The van der Waals surface area contributed by atoms with E-state index in [9.17, 15) is 9.59 Å². The minimum absolute atomic E-state index is 0.0996. The number of aromatic amines is 1. The second-order valence-corrected chi connectivity index (χ2v) is 9.14. The Morgan fingerprint density at radius 2 is 2.12 bits per heavy atom. The maximum atomic E-state index is 12.6. The van der Waals surface area contributed by atoms with Gasteiger partial charge in [-0.25, -0.2) is 15.3 Å². The van der Waals surface area contributed by atoms with Crippen LogP contribution in [0.3, 0.4) is 0 Å². The van der Waals surface area contributed by atoms with Crippen LogP contribution in [0.1, 0.15) is 46.1 Å². The molecule has 0 unspecified atom stereocenters. The van der Waals surface area contributed by atoms with Gasteiger partial charge in [0.25, 0.3) is 0 Å². The number of H-pyrrole nitrogens is 1. The van der Waals surface area contributed by atoms with Gasteiger partial charge in [0.1, 0.15) is 5.00 Å². The summed E-state index contributed by atoms with van der Waals surface area (Å²) >= 11 is 2.65. The van der Waals surface area contributed by atoms with E-state index in [4.69, 9.17) is 4.74 Å². The number of anilines is 2. The van der Waals surface area contributed by atoms with Crippen molar-refractivity contribution in [3.05, 3.63) is 46.1 Å². The molecule has 1 aliphatic carbocycles. The number of carbonyl (C=O) groups excluding carboxylic acids is 2. The number of amides is 1. The summed E-state index contributed by atoms with van der Waals surface area (Å²) in [6, 6.07) is 3.64. The fourth-order valence-electron chi connectivity index (χ4n) is 3.34. The van der Waals surface area contributed by atoms with E-state index in [1.165, 1.54) is 23.1 Å². The molecule has 33 heavy (non-hydrogen) atoms. The summed E-state index contributed by atoms with van der Waals surface area (Å²) in [6.07, 6.45) is 8.87. The molecule has 1 aliphatic rings. The van der Waals surface area contributed by atoms with Crippen LogP contribution >= 0.6 is 23.1 Å². The zero-order valence-electron chi connectivity index (χ0n) is 18.0. The van der Waals surface area contributed by atoms with E-state index in [1.54, 1.807) is 25.5 Å². The molecule has 0 aliphatic heterocycles. The number of thiophene rings is 1. The van der Waals surface area contributed by atoms with Crippen molar-refractivity contribution >= 4 is 52.1 Å². The number of nitrogens with zero attached hydrogens (tertiary/aromatic N) is 4. The second-order valence-electron chi connectivity index (χ2n) is 7.09. The lowest BCUT2D eigenvalue weighted by molar-refractivity contribution is -0.113. The van der Waals surface area contributed by atoms with Gasteiger partial charge in [0.15, 0.2) is 0 Å². The molecule has 0 bridgehead atoms. The van der Waals surface area contributed by atoms with Gasteiger partial charge in [-0.05, 0) is 55.9 Å². The summed E-state index contributed by atoms with van der Waals surface area (Å²) in [7, 11) is 0. The van der Waals surface area contributed by atoms with E-state index >= 15 is 0 Å². The van der Waals surface area contributed by atoms with Crippen molar-refractivity contribution in [2.45, 2.75) is 37.8 Å². The summed E-state index contributed by atoms with van der Waals surface area (Å²) in [5.74, 6) is -0.155. The molecule has 10 nitrogen and oxygen atoms in total. The number of pyridine rings is 1. The van der Waals surface area contributed by atoms with Crippen molar-refractivity contribution in [2.24, 2.45) is 5.10 Å². The fraction of sp³-hybridized carbons (Fsp3) is 0.333. The van der Waals surface area contributed by atoms with Gasteiger partial charge in [-0.2, -0.15) is 10.1 Å². The van der Waals surface area contributed by atoms with Crippen LogP contribution in [-0.4, -0.2) is 50.6 Å². The van der Waals surface area contributed by atoms with Gasteiger partial charge in [0, 0.05) is 17.3 Å². The molecule has 0 saturated heterocycles. The van der Waals surface area contributed by atoms with Gasteiger partial charge in [0.05, 0.1) is 24.1 Å². The van der Waals surface area contributed by atoms with Crippen molar-refractivity contribution in [2.75, 3.05) is 23.1 Å². The van der Waals surface area contributed by atoms with Crippen LogP contribution in [0.4, 0.5) is 10.9 Å². The quantitative estimate of drug-likeness (QED) is 0.181. The van der Waals surface area contributed by atoms with E-state index < -0.39 is 0 Å². The lowest BCUT2D eigenvalue weighted by Crippen LogP contribution is -2.17. The largest absolute Gasteiger partial charge is 0.462 e. The molecule has 12 heteroatoms. The molecule has 1 amide bonds. The summed E-state index contributed by atoms with van der Waals surface area (Å²) < 4.78 is 5.23. The van der Waals surface area contributed by atoms with Gasteiger partial charge >= 0.3 is 5.97 Å². The first-order valence-corrected chi connectivity index (χ1v) is 12.3. The molecular weight excluding hydrogens is 462 g/mol. The predicted octanol–water partition coefficient (Wildman–Crippen LogP) is 3.49. The minimum atomic E-state index is -0.378. The molecule has 3 N–H and O–H groups in total. The fourth-order valence-corrected chi connectivity index (χ4v) is 5.24. The van der Waals surface area contributed by atoms with Crippen molar-refractivity contribution in [1.29, 1.82) is 0 Å². The summed E-state index contributed by atoms with van der Waals surface area (Å²) in [4.78, 5) is 34.5. The third-order valence-electron chi connectivity index (χ3n) is 4.79. The molecule has 0 radical (unpaired) electrons. The van der Waals surface area contributed by atoms with E-state index in [1.807, 2.05) is 12.1 Å². The molecule has 3 aromatic rings. The van der Waals surface area contributed by atoms with Gasteiger partial charge in [-0.1, -0.05) is 11.8 Å². The highest BCUT2D eigenvalue weighted by molar-refractivity contribution is 7.99. The number of aryl methyl sites for hydroxylation is 1. The number of hydrogen-bond donors (Lipinski definition) is 3. The smallest absolute Gasteiger partial charge is 0.341 e. The van der Waals surface area contributed by atoms with Crippen LogP contribution in [0.15, 0.2) is 34.8 Å². The van der Waals surface area contributed by atoms with Gasteiger partial charge in [0.2, 0.25) is 17.0 Å². The highest BCUT2D eigenvalue weighted by atomic mass is 32.2. The predicted molar refractivity (Wildman–Crippen MR) is 128 cm³/mol. The second kappa shape index (κ2) is 11.1. The number of hydrazone groups is 1. The third-order valence-corrected chi connectivity index (χ3v) is 6.85. The first-order valence-electron chi connectivity index (χ1n) is 10.5. The number of esters is 1. The Hall–Kier alpha value is -3.25. The molecule has 3 aromatic heterocycles. The van der Waals surface area contributed by atoms with Gasteiger partial charge in [-0.15, -0.1) is 16.4 Å². The van der Waals surface area contributed by atoms with Crippen LogP contribution in [0, 0.1) is 0 Å². The van der Waals surface area contributed by atoms with Crippen LogP contribution in [0.25, 0.3) is 0 Å². The van der Waals surface area contributed by atoms with Crippen LogP contribution in [-0.2, 0) is 22.4 Å². The van der Waals surface area contributed by atoms with Crippen molar-refractivity contribution in [3.8, 4) is 0 Å². The number of nitrogens with one attached hydrogen (secondary N) is 3. The lowest BCUT2D eigenvalue weighted by Gasteiger charge is -2.12. The molecule has 0 saturated carbocycles. The molecule has 0 fully saturated rings. The maximum Gasteiger partial charge on any atom is 0.341 e. The Labute approximate surface area is 198 Å². The average molecular weight is 486 g/mol. The molecule has 0 spiro atoms. The maximum absolute atomic E-state index is 12.6. The van der Waals surface area contributed by atoms with Crippen molar-refractivity contribution < 1.29 is 14.3 Å². The average Bonchev–Trinajstić information content (AvgIpc) is 3.42. The molecular formula is C21H23N7O3S2. The molecule has 172 valence electrons. The van der Waals surface area contributed by atoms with Crippen LogP contribution < -0.4 is 10.7 Å². The molecule has 4 rings (SSSR count). The number of fused-ring (bicyclic) bond motifs is 1. The Kier molecular flexibility index (Phi) is 7.68. The zero-order chi connectivity index (χ0) is 23.0. The summed E-state index contributed by atoms with van der Waals surface area (Å²) in [5.41, 5.74) is 5.17. The normalized spacial score (nSPS) is 13.0. The number of carbonyl (C=O) groups is 2. The number of aromatic nitrogens is 4. The highest BCUT2D eigenvalue weighted by Gasteiger charge is 2.27. The summed E-state index contributed by atoms with van der Waals surface area (Å²) in [5, 5.41) is 14.7. The van der Waals surface area contributed by atoms with Crippen LogP contribution in [0.5, 0.6) is 0 Å². The molecule has 0 aromatic carbocycles.